The van der Waals surface area contributed by atoms with Gasteiger partial charge in [0.05, 0.1) is 0 Å². The van der Waals surface area contributed by atoms with Gasteiger partial charge in [0.1, 0.15) is 5.75 Å². The Morgan fingerprint density at radius 1 is 1.20 bits per heavy atom. The summed E-state index contributed by atoms with van der Waals surface area (Å²) >= 11 is 0. The Labute approximate surface area is 145 Å². The smallest absolute Gasteiger partial charge is 0.266 e. The molecule has 2 aromatic heterocycles. The quantitative estimate of drug-likeness (QED) is 0.778. The molecule has 0 saturated carbocycles. The number of anilines is 1. The van der Waals surface area contributed by atoms with E-state index in [0.717, 1.165) is 24.3 Å². The van der Waals surface area contributed by atoms with Crippen molar-refractivity contribution in [2.75, 3.05) is 5.32 Å². The second-order valence-electron chi connectivity index (χ2n) is 5.98. The number of aromatic nitrogens is 3. The average Bonchev–Trinajstić information content (AvgIpc) is 3.27. The fraction of sp³-hybridized carbons (Fsp3) is 0.211. The number of pyridine rings is 1. The van der Waals surface area contributed by atoms with Crippen LogP contribution in [0, 0.1) is 0 Å². The van der Waals surface area contributed by atoms with Crippen LogP contribution < -0.4 is 10.1 Å². The van der Waals surface area contributed by atoms with E-state index in [1.165, 1.54) is 5.56 Å². The first-order valence-corrected chi connectivity index (χ1v) is 8.26. The van der Waals surface area contributed by atoms with Gasteiger partial charge in [0, 0.05) is 37.6 Å². The molecule has 1 aliphatic rings. The summed E-state index contributed by atoms with van der Waals surface area (Å²) in [7, 11) is 0. The van der Waals surface area contributed by atoms with Gasteiger partial charge in [-0.25, -0.2) is 0 Å². The van der Waals surface area contributed by atoms with E-state index in [1.807, 2.05) is 47.3 Å². The van der Waals surface area contributed by atoms with Crippen LogP contribution in [0.4, 0.5) is 5.82 Å². The van der Waals surface area contributed by atoms with Crippen molar-refractivity contribution in [2.24, 2.45) is 0 Å². The van der Waals surface area contributed by atoms with Crippen LogP contribution in [0.1, 0.15) is 11.1 Å². The Hall–Kier alpha value is -3.15. The molecule has 1 unspecified atom stereocenters. The molecular formula is C19H18N4O2. The number of amides is 1. The van der Waals surface area contributed by atoms with E-state index in [0.29, 0.717) is 12.2 Å². The number of rotatable bonds is 5. The van der Waals surface area contributed by atoms with Crippen molar-refractivity contribution in [1.82, 2.24) is 14.8 Å². The van der Waals surface area contributed by atoms with Crippen LogP contribution in [0.25, 0.3) is 0 Å². The molecule has 0 saturated heterocycles. The summed E-state index contributed by atoms with van der Waals surface area (Å²) in [6, 6.07) is 13.5. The number of fused-ring (bicyclic) bond motifs is 1. The molecule has 1 amide bonds. The highest BCUT2D eigenvalue weighted by Crippen LogP contribution is 2.28. The molecule has 126 valence electrons. The number of benzene rings is 1. The van der Waals surface area contributed by atoms with E-state index in [9.17, 15) is 4.79 Å². The number of nitrogens with zero attached hydrogens (tertiary/aromatic N) is 3. The maximum atomic E-state index is 12.4. The molecule has 1 aliphatic heterocycles. The molecule has 1 N–H and O–H groups in total. The average molecular weight is 334 g/mol. The van der Waals surface area contributed by atoms with Gasteiger partial charge in [0.2, 0.25) is 0 Å². The van der Waals surface area contributed by atoms with Gasteiger partial charge < -0.3 is 10.1 Å². The third-order valence-corrected chi connectivity index (χ3v) is 4.21. The van der Waals surface area contributed by atoms with Gasteiger partial charge in [-0.05, 0) is 35.7 Å². The van der Waals surface area contributed by atoms with E-state index in [-0.39, 0.29) is 5.91 Å². The van der Waals surface area contributed by atoms with Gasteiger partial charge in [-0.3, -0.25) is 14.5 Å². The van der Waals surface area contributed by atoms with Crippen LogP contribution in [-0.4, -0.2) is 26.8 Å². The Balaban J connectivity index is 1.33. The van der Waals surface area contributed by atoms with Crippen molar-refractivity contribution in [2.45, 2.75) is 25.5 Å². The molecule has 0 aliphatic carbocycles. The summed E-state index contributed by atoms with van der Waals surface area (Å²) in [4.78, 5) is 16.4. The lowest BCUT2D eigenvalue weighted by atomic mass is 10.1. The second kappa shape index (κ2) is 6.76. The Bertz CT molecular complexity index is 851. The normalized spacial score (nSPS) is 15.4. The number of carbonyl (C=O) groups is 1. The monoisotopic (exact) mass is 334 g/mol. The molecule has 0 fully saturated rings. The topological polar surface area (TPSA) is 69.0 Å². The van der Waals surface area contributed by atoms with Crippen LogP contribution >= 0.6 is 0 Å². The first kappa shape index (κ1) is 15.4. The Morgan fingerprint density at radius 3 is 2.88 bits per heavy atom. The number of nitrogens with one attached hydrogen (secondary N) is 1. The van der Waals surface area contributed by atoms with Crippen molar-refractivity contribution in [3.8, 4) is 5.75 Å². The lowest BCUT2D eigenvalue weighted by Crippen LogP contribution is -2.31. The predicted octanol–water partition coefficient (Wildman–Crippen LogP) is 2.46. The van der Waals surface area contributed by atoms with E-state index in [4.69, 9.17) is 4.74 Å². The SMILES string of the molecule is O=C(Nc1ccn(CCc2ccncc2)n1)C1Cc2ccccc2O1. The van der Waals surface area contributed by atoms with E-state index < -0.39 is 6.10 Å². The van der Waals surface area contributed by atoms with Crippen molar-refractivity contribution >= 4 is 11.7 Å². The first-order chi connectivity index (χ1) is 12.3. The maximum Gasteiger partial charge on any atom is 0.266 e. The van der Waals surface area contributed by atoms with Gasteiger partial charge in [0.25, 0.3) is 5.91 Å². The van der Waals surface area contributed by atoms with Crippen LogP contribution in [-0.2, 0) is 24.2 Å². The number of ether oxygens (including phenoxy) is 1. The molecule has 0 bridgehead atoms. The third kappa shape index (κ3) is 3.52. The van der Waals surface area contributed by atoms with E-state index in [1.54, 1.807) is 18.5 Å². The highest BCUT2D eigenvalue weighted by atomic mass is 16.5. The van der Waals surface area contributed by atoms with Crippen LogP contribution in [0.3, 0.4) is 0 Å². The maximum absolute atomic E-state index is 12.4. The molecule has 0 radical (unpaired) electrons. The predicted molar refractivity (Wildman–Crippen MR) is 93.4 cm³/mol. The van der Waals surface area contributed by atoms with Crippen LogP contribution in [0.5, 0.6) is 5.75 Å². The van der Waals surface area contributed by atoms with E-state index >= 15 is 0 Å². The fourth-order valence-corrected chi connectivity index (χ4v) is 2.88. The summed E-state index contributed by atoms with van der Waals surface area (Å²) in [5.41, 5.74) is 2.26. The van der Waals surface area contributed by atoms with Gasteiger partial charge in [-0.1, -0.05) is 18.2 Å². The number of carbonyl (C=O) groups excluding carboxylic acids is 1. The fourth-order valence-electron chi connectivity index (χ4n) is 2.88. The summed E-state index contributed by atoms with van der Waals surface area (Å²) < 4.78 is 7.52. The highest BCUT2D eigenvalue weighted by Gasteiger charge is 2.29. The minimum absolute atomic E-state index is 0.171. The van der Waals surface area contributed by atoms with Gasteiger partial charge >= 0.3 is 0 Å². The zero-order chi connectivity index (χ0) is 17.1. The van der Waals surface area contributed by atoms with Gasteiger partial charge in [-0.2, -0.15) is 5.10 Å². The van der Waals surface area contributed by atoms with Gasteiger partial charge in [-0.15, -0.1) is 0 Å². The summed E-state index contributed by atoms with van der Waals surface area (Å²) in [6.07, 6.45) is 6.37. The van der Waals surface area contributed by atoms with Crippen molar-refractivity contribution in [3.05, 3.63) is 72.2 Å². The molecule has 3 aromatic rings. The van der Waals surface area contributed by atoms with Crippen molar-refractivity contribution in [1.29, 1.82) is 0 Å². The number of hydrogen-bond donors (Lipinski definition) is 1. The highest BCUT2D eigenvalue weighted by molar-refractivity contribution is 5.94. The molecule has 4 rings (SSSR count). The molecular weight excluding hydrogens is 316 g/mol. The number of para-hydroxylation sites is 1. The lowest BCUT2D eigenvalue weighted by Gasteiger charge is -2.09. The lowest BCUT2D eigenvalue weighted by molar-refractivity contribution is -0.122. The molecule has 25 heavy (non-hydrogen) atoms. The van der Waals surface area contributed by atoms with Crippen molar-refractivity contribution in [3.63, 3.8) is 0 Å². The second-order valence-corrected chi connectivity index (χ2v) is 5.98. The summed E-state index contributed by atoms with van der Waals surface area (Å²) in [5.74, 6) is 1.15. The minimum Gasteiger partial charge on any atom is -0.480 e. The summed E-state index contributed by atoms with van der Waals surface area (Å²) in [5, 5.41) is 7.23. The van der Waals surface area contributed by atoms with Crippen molar-refractivity contribution < 1.29 is 9.53 Å². The molecule has 1 aromatic carbocycles. The molecule has 1 atom stereocenters. The minimum atomic E-state index is -0.501. The molecule has 3 heterocycles. The van der Waals surface area contributed by atoms with Gasteiger partial charge in [0.15, 0.2) is 11.9 Å². The zero-order valence-corrected chi connectivity index (χ0v) is 13.6. The largest absolute Gasteiger partial charge is 0.480 e. The van der Waals surface area contributed by atoms with E-state index in [2.05, 4.69) is 15.4 Å². The number of hydrogen-bond acceptors (Lipinski definition) is 4. The first-order valence-electron chi connectivity index (χ1n) is 8.26. The van der Waals surface area contributed by atoms with Crippen LogP contribution in [0.2, 0.25) is 0 Å². The molecule has 6 nitrogen and oxygen atoms in total. The van der Waals surface area contributed by atoms with Crippen LogP contribution in [0.15, 0.2) is 61.1 Å². The Kier molecular flexibility index (Phi) is 4.16. The Morgan fingerprint density at radius 2 is 2.04 bits per heavy atom. The molecule has 6 heteroatoms. The zero-order valence-electron chi connectivity index (χ0n) is 13.6. The third-order valence-electron chi connectivity index (χ3n) is 4.21. The number of aryl methyl sites for hydroxylation is 2. The summed E-state index contributed by atoms with van der Waals surface area (Å²) in [6.45, 7) is 0.741. The standard InChI is InChI=1S/C19H18N4O2/c24-19(17-13-15-3-1-2-4-16(15)25-17)21-18-8-12-23(22-18)11-7-14-5-9-20-10-6-14/h1-6,8-10,12,17H,7,11,13H2,(H,21,22,24). The molecule has 0 spiro atoms.